The Bertz CT molecular complexity index is 554. The highest BCUT2D eigenvalue weighted by atomic mass is 31.2. The largest absolute Gasteiger partial charge is 0.458 e. The molecule has 1 aromatic carbocycles. The number of carbonyl (C=O) groups excluding carboxylic acids is 2. The van der Waals surface area contributed by atoms with Crippen LogP contribution in [0.4, 0.5) is 0 Å². The van der Waals surface area contributed by atoms with Crippen LogP contribution < -0.4 is 5.30 Å². The number of hydrogen-bond donors (Lipinski definition) is 0. The van der Waals surface area contributed by atoms with E-state index < -0.39 is 31.0 Å². The Hall–Kier alpha value is -1.61. The van der Waals surface area contributed by atoms with Crippen molar-refractivity contribution in [3.8, 4) is 0 Å². The molecule has 0 amide bonds. The van der Waals surface area contributed by atoms with Crippen molar-refractivity contribution in [3.05, 3.63) is 30.3 Å². The number of benzene rings is 1. The highest BCUT2D eigenvalue weighted by Crippen LogP contribution is 2.58. The Morgan fingerprint density at radius 2 is 1.70 bits per heavy atom. The minimum absolute atomic E-state index is 0.368. The fourth-order valence-electron chi connectivity index (χ4n) is 2.48. The van der Waals surface area contributed by atoms with E-state index in [9.17, 15) is 14.2 Å². The van der Waals surface area contributed by atoms with Crippen molar-refractivity contribution < 1.29 is 23.6 Å². The van der Waals surface area contributed by atoms with E-state index in [-0.39, 0.29) is 0 Å². The Labute approximate surface area is 117 Å². The summed E-state index contributed by atoms with van der Waals surface area (Å²) >= 11 is 0. The first kappa shape index (κ1) is 14.8. The van der Waals surface area contributed by atoms with E-state index in [1.54, 1.807) is 24.3 Å². The van der Waals surface area contributed by atoms with E-state index in [0.717, 1.165) is 0 Å². The second-order valence-electron chi connectivity index (χ2n) is 4.79. The molecule has 5 nitrogen and oxygen atoms in total. The molecule has 0 bridgehead atoms. The highest BCUT2D eigenvalue weighted by Gasteiger charge is 2.50. The monoisotopic (exact) mass is 296 g/mol. The molecule has 2 rings (SSSR count). The quantitative estimate of drug-likeness (QED) is 0.629. The van der Waals surface area contributed by atoms with E-state index in [1.807, 2.05) is 6.07 Å². The van der Waals surface area contributed by atoms with Crippen LogP contribution in [0.2, 0.25) is 0 Å². The molecule has 1 fully saturated rings. The zero-order valence-corrected chi connectivity index (χ0v) is 12.3. The predicted molar refractivity (Wildman–Crippen MR) is 74.3 cm³/mol. The summed E-state index contributed by atoms with van der Waals surface area (Å²) in [6.07, 6.45) is 0.166. The van der Waals surface area contributed by atoms with Crippen molar-refractivity contribution in [3.63, 3.8) is 0 Å². The van der Waals surface area contributed by atoms with Gasteiger partial charge in [-0.2, -0.15) is 0 Å². The van der Waals surface area contributed by atoms with E-state index in [1.165, 1.54) is 13.8 Å². The molecule has 0 aromatic heterocycles. The van der Waals surface area contributed by atoms with Crippen LogP contribution in [0.5, 0.6) is 0 Å². The van der Waals surface area contributed by atoms with Crippen LogP contribution in [0.1, 0.15) is 20.3 Å². The summed E-state index contributed by atoms with van der Waals surface area (Å²) < 4.78 is 23.6. The SMILES string of the molecule is CC(=O)O[C@@H]1CCP(=O)(c2ccccc2)[C@H]1OC(C)=O. The maximum Gasteiger partial charge on any atom is 0.303 e. The standard InChI is InChI=1S/C14H17O5P/c1-10(15)18-13-8-9-20(17,14(13)19-11(2)16)12-6-4-3-5-7-12/h3-7,13-14H,8-9H2,1-2H3/t13-,14-,20?/m1/s1. The van der Waals surface area contributed by atoms with Crippen LogP contribution in [0.15, 0.2) is 30.3 Å². The third-order valence-electron chi connectivity index (χ3n) is 3.27. The maximum absolute atomic E-state index is 13.2. The van der Waals surface area contributed by atoms with Crippen molar-refractivity contribution in [2.24, 2.45) is 0 Å². The molecule has 0 aliphatic carbocycles. The highest BCUT2D eigenvalue weighted by molar-refractivity contribution is 7.72. The van der Waals surface area contributed by atoms with Gasteiger partial charge in [-0.25, -0.2) is 0 Å². The molecular formula is C14H17O5P. The van der Waals surface area contributed by atoms with Crippen LogP contribution in [0, 0.1) is 0 Å². The Morgan fingerprint density at radius 3 is 2.25 bits per heavy atom. The molecule has 6 heteroatoms. The molecule has 1 unspecified atom stereocenters. The van der Waals surface area contributed by atoms with Crippen LogP contribution >= 0.6 is 7.14 Å². The average molecular weight is 296 g/mol. The van der Waals surface area contributed by atoms with Gasteiger partial charge in [-0.3, -0.25) is 9.59 Å². The van der Waals surface area contributed by atoms with Gasteiger partial charge in [0.25, 0.3) is 0 Å². The fraction of sp³-hybridized carbons (Fsp3) is 0.429. The molecule has 3 atom stereocenters. The molecule has 20 heavy (non-hydrogen) atoms. The van der Waals surface area contributed by atoms with Crippen LogP contribution in [0.25, 0.3) is 0 Å². The molecule has 1 aliphatic rings. The third-order valence-corrected chi connectivity index (χ3v) is 6.63. The molecule has 1 aromatic rings. The van der Waals surface area contributed by atoms with Gasteiger partial charge in [0.1, 0.15) is 6.10 Å². The lowest BCUT2D eigenvalue weighted by molar-refractivity contribution is -0.158. The van der Waals surface area contributed by atoms with Crippen LogP contribution in [-0.2, 0) is 23.6 Å². The summed E-state index contributed by atoms with van der Waals surface area (Å²) in [5.74, 6) is -1.87. The molecular weight excluding hydrogens is 279 g/mol. The number of rotatable bonds is 3. The average Bonchev–Trinajstić information content (AvgIpc) is 2.69. The minimum atomic E-state index is -2.92. The predicted octanol–water partition coefficient (Wildman–Crippen LogP) is 1.90. The molecule has 0 radical (unpaired) electrons. The summed E-state index contributed by atoms with van der Waals surface area (Å²) in [6, 6.07) is 8.93. The van der Waals surface area contributed by atoms with Gasteiger partial charge in [0.15, 0.2) is 13.0 Å². The summed E-state index contributed by atoms with van der Waals surface area (Å²) in [5.41, 5.74) is 0. The number of hydrogen-bond acceptors (Lipinski definition) is 5. The number of ether oxygens (including phenoxy) is 2. The van der Waals surface area contributed by atoms with Gasteiger partial charge in [0.2, 0.25) is 0 Å². The summed E-state index contributed by atoms with van der Waals surface area (Å²) in [4.78, 5) is 22.4. The lowest BCUT2D eigenvalue weighted by Crippen LogP contribution is -2.31. The Balaban J connectivity index is 2.34. The normalized spacial score (nSPS) is 28.9. The lowest BCUT2D eigenvalue weighted by Gasteiger charge is -2.24. The van der Waals surface area contributed by atoms with Crippen LogP contribution in [-0.4, -0.2) is 30.0 Å². The molecule has 0 spiro atoms. The first-order valence-electron chi connectivity index (χ1n) is 6.42. The lowest BCUT2D eigenvalue weighted by atomic mass is 10.3. The second-order valence-corrected chi connectivity index (χ2v) is 7.86. The van der Waals surface area contributed by atoms with Crippen molar-refractivity contribution in [2.45, 2.75) is 32.2 Å². The topological polar surface area (TPSA) is 69.7 Å². The van der Waals surface area contributed by atoms with Gasteiger partial charge in [0.05, 0.1) is 0 Å². The summed E-state index contributed by atoms with van der Waals surface area (Å²) in [7, 11) is -2.92. The van der Waals surface area contributed by atoms with Gasteiger partial charge in [-0.05, 0) is 6.42 Å². The minimum Gasteiger partial charge on any atom is -0.458 e. The molecule has 1 aliphatic heterocycles. The fourth-order valence-corrected chi connectivity index (χ4v) is 5.66. The first-order chi connectivity index (χ1) is 9.43. The number of carbonyl (C=O) groups is 2. The molecule has 1 saturated heterocycles. The molecule has 0 saturated carbocycles. The molecule has 0 N–H and O–H groups in total. The van der Waals surface area contributed by atoms with Crippen molar-refractivity contribution >= 4 is 24.4 Å². The van der Waals surface area contributed by atoms with Crippen molar-refractivity contribution in [1.82, 2.24) is 0 Å². The maximum atomic E-state index is 13.2. The van der Waals surface area contributed by atoms with E-state index >= 15 is 0 Å². The zero-order valence-electron chi connectivity index (χ0n) is 11.4. The summed E-state index contributed by atoms with van der Waals surface area (Å²) in [6.45, 7) is 2.55. The van der Waals surface area contributed by atoms with Gasteiger partial charge in [0, 0.05) is 25.3 Å². The van der Waals surface area contributed by atoms with Gasteiger partial charge < -0.3 is 14.0 Å². The molecule has 108 valence electrons. The third kappa shape index (κ3) is 2.93. The zero-order chi connectivity index (χ0) is 14.8. The smallest absolute Gasteiger partial charge is 0.303 e. The van der Waals surface area contributed by atoms with E-state index in [2.05, 4.69) is 0 Å². The van der Waals surface area contributed by atoms with Gasteiger partial charge in [-0.1, -0.05) is 30.3 Å². The Morgan fingerprint density at radius 1 is 1.10 bits per heavy atom. The first-order valence-corrected chi connectivity index (χ1v) is 8.38. The van der Waals surface area contributed by atoms with Crippen molar-refractivity contribution in [1.29, 1.82) is 0 Å². The van der Waals surface area contributed by atoms with Crippen molar-refractivity contribution in [2.75, 3.05) is 6.16 Å². The second kappa shape index (κ2) is 5.80. The molecule has 1 heterocycles. The van der Waals surface area contributed by atoms with Gasteiger partial charge in [-0.15, -0.1) is 0 Å². The summed E-state index contributed by atoms with van der Waals surface area (Å²) in [5, 5.41) is 0.654. The number of esters is 2. The van der Waals surface area contributed by atoms with E-state index in [4.69, 9.17) is 9.47 Å². The Kier molecular flexibility index (Phi) is 4.29. The van der Waals surface area contributed by atoms with E-state index in [0.29, 0.717) is 17.9 Å². The van der Waals surface area contributed by atoms with Gasteiger partial charge >= 0.3 is 11.9 Å². The van der Waals surface area contributed by atoms with Crippen LogP contribution in [0.3, 0.4) is 0 Å².